The van der Waals surface area contributed by atoms with Gasteiger partial charge in [-0.05, 0) is 49.1 Å². The second-order valence-electron chi connectivity index (χ2n) is 10.4. The summed E-state index contributed by atoms with van der Waals surface area (Å²) in [7, 11) is 2.85. The lowest BCUT2D eigenvalue weighted by molar-refractivity contribution is -0.138. The number of ether oxygens (including phenoxy) is 1. The van der Waals surface area contributed by atoms with Crippen LogP contribution in [0.3, 0.4) is 0 Å². The summed E-state index contributed by atoms with van der Waals surface area (Å²) in [6.07, 6.45) is 1.82. The smallest absolute Gasteiger partial charge is 0.258 e. The molecular weight excluding hydrogens is 550 g/mol. The van der Waals surface area contributed by atoms with E-state index >= 15 is 0 Å². The Balaban J connectivity index is 1.58. The normalized spacial score (nSPS) is 33.6. The Morgan fingerprint density at radius 2 is 1.69 bits per heavy atom. The van der Waals surface area contributed by atoms with Gasteiger partial charge in [-0.1, -0.05) is 17.7 Å². The fraction of sp³-hybridized carbons (Fsp3) is 0.357. The molecule has 1 saturated carbocycles. The summed E-state index contributed by atoms with van der Waals surface area (Å²) >= 11 is 14.4. The molecule has 6 rings (SSSR count). The van der Waals surface area contributed by atoms with Crippen molar-refractivity contribution in [2.45, 2.75) is 28.5 Å². The van der Waals surface area contributed by atoms with Crippen LogP contribution in [0.4, 0.5) is 10.1 Å². The molecule has 2 aromatic rings. The van der Waals surface area contributed by atoms with E-state index in [-0.39, 0.29) is 35.7 Å². The fourth-order valence-electron chi connectivity index (χ4n) is 6.80. The van der Waals surface area contributed by atoms with Crippen LogP contribution in [0.5, 0.6) is 11.5 Å². The van der Waals surface area contributed by atoms with Crippen LogP contribution in [0, 0.1) is 23.6 Å². The highest BCUT2D eigenvalue weighted by atomic mass is 35.5. The number of aromatic hydroxyl groups is 1. The van der Waals surface area contributed by atoms with Crippen LogP contribution in [0.1, 0.15) is 24.3 Å². The number of methoxy groups -OCH3 is 1. The molecule has 0 aromatic heterocycles. The van der Waals surface area contributed by atoms with E-state index in [1.807, 2.05) is 0 Å². The van der Waals surface area contributed by atoms with Gasteiger partial charge >= 0.3 is 0 Å². The summed E-state index contributed by atoms with van der Waals surface area (Å²) in [5.41, 5.74) is 0.860. The monoisotopic (exact) mass is 572 g/mol. The number of fused-ring (bicyclic) bond motifs is 4. The molecule has 1 N–H and O–H groups in total. The van der Waals surface area contributed by atoms with Crippen molar-refractivity contribution in [1.82, 2.24) is 4.90 Å². The molecule has 4 aliphatic rings. The fourth-order valence-corrected chi connectivity index (χ4v) is 7.72. The maximum absolute atomic E-state index is 14.2. The predicted octanol–water partition coefficient (Wildman–Crippen LogP) is 3.73. The number of allylic oxidation sites excluding steroid dienone is 2. The number of alkyl halides is 2. The minimum absolute atomic E-state index is 0.0836. The van der Waals surface area contributed by atoms with Gasteiger partial charge < -0.3 is 9.84 Å². The lowest BCUT2D eigenvalue weighted by Gasteiger charge is -2.50. The number of amides is 4. The van der Waals surface area contributed by atoms with Crippen LogP contribution in [-0.4, -0.2) is 57.5 Å². The molecule has 2 aliphatic heterocycles. The minimum atomic E-state index is -2.11. The third-order valence-electron chi connectivity index (χ3n) is 8.66. The van der Waals surface area contributed by atoms with Crippen molar-refractivity contribution in [2.75, 3.05) is 19.1 Å². The summed E-state index contributed by atoms with van der Waals surface area (Å²) in [6, 6.07) is 9.26. The van der Waals surface area contributed by atoms with Gasteiger partial charge in [0.2, 0.25) is 11.8 Å². The average Bonchev–Trinajstić information content (AvgIpc) is 3.23. The third-order valence-corrected chi connectivity index (χ3v) is 10.1. The molecule has 3 fully saturated rings. The highest BCUT2D eigenvalue weighted by Crippen LogP contribution is 2.66. The Bertz CT molecular complexity index is 1500. The first-order valence-corrected chi connectivity index (χ1v) is 13.1. The van der Waals surface area contributed by atoms with Crippen LogP contribution in [0.15, 0.2) is 54.1 Å². The van der Waals surface area contributed by atoms with Gasteiger partial charge in [-0.3, -0.25) is 24.1 Å². The van der Waals surface area contributed by atoms with E-state index in [1.165, 1.54) is 32.4 Å². The molecule has 0 spiro atoms. The van der Waals surface area contributed by atoms with Gasteiger partial charge in [-0.25, -0.2) is 9.29 Å². The highest BCUT2D eigenvalue weighted by molar-refractivity contribution is 6.58. The molecule has 2 aromatic carbocycles. The number of halogens is 3. The number of benzene rings is 2. The predicted molar refractivity (Wildman–Crippen MR) is 139 cm³/mol. The molecule has 202 valence electrons. The molecule has 2 saturated heterocycles. The van der Waals surface area contributed by atoms with E-state index < -0.39 is 57.0 Å². The minimum Gasteiger partial charge on any atom is -0.508 e. The molecule has 6 atom stereocenters. The number of hydrogen-bond donors (Lipinski definition) is 1. The number of hydrogen-bond acceptors (Lipinski definition) is 6. The van der Waals surface area contributed by atoms with Crippen LogP contribution in [-0.2, 0) is 19.2 Å². The number of rotatable bonds is 3. The van der Waals surface area contributed by atoms with Crippen molar-refractivity contribution in [1.29, 1.82) is 0 Å². The second kappa shape index (κ2) is 8.53. The van der Waals surface area contributed by atoms with Gasteiger partial charge in [-0.15, -0.1) is 23.2 Å². The topological polar surface area (TPSA) is 104 Å². The van der Waals surface area contributed by atoms with Gasteiger partial charge in [-0.2, -0.15) is 0 Å². The molecule has 8 nitrogen and oxygen atoms in total. The number of anilines is 1. The number of nitrogens with zero attached hydrogens (tertiary/aromatic N) is 2. The van der Waals surface area contributed by atoms with Crippen LogP contribution < -0.4 is 9.64 Å². The molecule has 4 amide bonds. The molecule has 2 aliphatic carbocycles. The summed E-state index contributed by atoms with van der Waals surface area (Å²) in [5, 5.41) is 11.1. The number of likely N-dealkylation sites (tertiary alicyclic amines) is 1. The zero-order valence-corrected chi connectivity index (χ0v) is 22.4. The third kappa shape index (κ3) is 3.23. The SMILES string of the molecule is COc1ccc(C2C3=CCC4C(=O)N(C)C(=O)C4C3CC3(Cl)C(=O)N(c4ccc(F)cc4)C(=O)C23Cl)c(O)c1. The highest BCUT2D eigenvalue weighted by Gasteiger charge is 2.76. The number of imide groups is 2. The van der Waals surface area contributed by atoms with Crippen molar-refractivity contribution in [2.24, 2.45) is 17.8 Å². The number of phenolic OH excluding ortho intramolecular Hbond substituents is 1. The van der Waals surface area contributed by atoms with Crippen molar-refractivity contribution < 1.29 is 33.4 Å². The maximum Gasteiger partial charge on any atom is 0.258 e. The Hall–Kier alpha value is -3.43. The molecule has 0 bridgehead atoms. The zero-order chi connectivity index (χ0) is 28.0. The second-order valence-corrected chi connectivity index (χ2v) is 11.7. The summed E-state index contributed by atoms with van der Waals surface area (Å²) in [6.45, 7) is 0. The van der Waals surface area contributed by atoms with Gasteiger partial charge in [0, 0.05) is 24.6 Å². The summed E-state index contributed by atoms with van der Waals surface area (Å²) in [4.78, 5) is 52.1. The van der Waals surface area contributed by atoms with Crippen molar-refractivity contribution in [3.05, 3.63) is 65.5 Å². The largest absolute Gasteiger partial charge is 0.508 e. The van der Waals surface area contributed by atoms with Crippen molar-refractivity contribution in [3.8, 4) is 11.5 Å². The van der Waals surface area contributed by atoms with E-state index in [4.69, 9.17) is 27.9 Å². The molecule has 0 radical (unpaired) electrons. The van der Waals surface area contributed by atoms with Crippen molar-refractivity contribution in [3.63, 3.8) is 0 Å². The number of carbonyl (C=O) groups excluding carboxylic acids is 4. The van der Waals surface area contributed by atoms with Gasteiger partial charge in [0.15, 0.2) is 9.75 Å². The van der Waals surface area contributed by atoms with Gasteiger partial charge in [0.1, 0.15) is 17.3 Å². The van der Waals surface area contributed by atoms with E-state index in [0.717, 1.165) is 21.9 Å². The first-order valence-electron chi connectivity index (χ1n) is 12.4. The first kappa shape index (κ1) is 25.8. The summed E-state index contributed by atoms with van der Waals surface area (Å²) < 4.78 is 18.9. The molecular formula is C28H23Cl2FN2O6. The van der Waals surface area contributed by atoms with E-state index in [1.54, 1.807) is 18.2 Å². The maximum atomic E-state index is 14.2. The lowest BCUT2D eigenvalue weighted by Crippen LogP contribution is -2.60. The standard InChI is InChI=1S/C28H23Cl2FN2O6/c1-32-23(35)18-10-9-16-19(21(18)24(32)36)12-27(29)25(37)33(14-5-3-13(31)4-6-14)26(38)28(27,30)22(16)17-8-7-15(39-2)11-20(17)34/h3-9,11,18-19,21-22,34H,10,12H2,1-2H3. The zero-order valence-electron chi connectivity index (χ0n) is 20.9. The average molecular weight is 573 g/mol. The molecule has 11 heteroatoms. The molecule has 39 heavy (non-hydrogen) atoms. The van der Waals surface area contributed by atoms with Crippen molar-refractivity contribution >= 4 is 52.5 Å². The Kier molecular flexibility index (Phi) is 5.65. The van der Waals surface area contributed by atoms with Crippen LogP contribution >= 0.6 is 23.2 Å². The van der Waals surface area contributed by atoms with Gasteiger partial charge in [0.05, 0.1) is 24.6 Å². The molecule has 6 unspecified atom stereocenters. The Labute approximate surface area is 232 Å². The van der Waals surface area contributed by atoms with E-state index in [0.29, 0.717) is 11.3 Å². The first-order chi connectivity index (χ1) is 18.5. The molecule has 2 heterocycles. The van der Waals surface area contributed by atoms with Crippen LogP contribution in [0.2, 0.25) is 0 Å². The van der Waals surface area contributed by atoms with E-state index in [2.05, 4.69) is 0 Å². The van der Waals surface area contributed by atoms with Crippen LogP contribution in [0.25, 0.3) is 0 Å². The number of carbonyl (C=O) groups is 4. The Morgan fingerprint density at radius 1 is 1.00 bits per heavy atom. The number of phenols is 1. The van der Waals surface area contributed by atoms with Gasteiger partial charge in [0.25, 0.3) is 11.8 Å². The Morgan fingerprint density at radius 3 is 2.33 bits per heavy atom. The van der Waals surface area contributed by atoms with E-state index in [9.17, 15) is 28.7 Å². The quantitative estimate of drug-likeness (QED) is 0.341. The summed E-state index contributed by atoms with van der Waals surface area (Å²) in [5.74, 6) is -6.09. The lowest BCUT2D eigenvalue weighted by atomic mass is 9.56.